The van der Waals surface area contributed by atoms with Crippen LogP contribution >= 0.6 is 11.3 Å². The molecule has 3 rings (SSSR count). The Hall–Kier alpha value is -2.54. The van der Waals surface area contributed by atoms with Crippen molar-refractivity contribution in [2.45, 2.75) is 52.6 Å². The summed E-state index contributed by atoms with van der Waals surface area (Å²) in [7, 11) is 1.62. The van der Waals surface area contributed by atoms with Crippen LogP contribution in [0.3, 0.4) is 0 Å². The van der Waals surface area contributed by atoms with Crippen LogP contribution in [-0.4, -0.2) is 54.5 Å². The molecule has 0 aliphatic carbocycles. The number of fused-ring (bicyclic) bond motifs is 1. The molecular formula is C25H34N2O4S. The molecule has 1 aromatic heterocycles. The molecule has 0 spiro atoms. The van der Waals surface area contributed by atoms with Gasteiger partial charge in [-0.1, -0.05) is 19.9 Å². The zero-order valence-corrected chi connectivity index (χ0v) is 20.5. The van der Waals surface area contributed by atoms with Crippen molar-refractivity contribution in [2.75, 3.05) is 26.8 Å². The monoisotopic (exact) mass is 458 g/mol. The Balaban J connectivity index is 1.77. The fraction of sp³-hybridized carbons (Fsp3) is 0.520. The second-order valence-electron chi connectivity index (χ2n) is 8.86. The van der Waals surface area contributed by atoms with Crippen LogP contribution in [0.5, 0.6) is 11.5 Å². The zero-order valence-electron chi connectivity index (χ0n) is 19.7. The number of hydrogen-bond donors (Lipinski definition) is 0. The van der Waals surface area contributed by atoms with E-state index in [1.165, 1.54) is 4.88 Å². The Morgan fingerprint density at radius 3 is 2.62 bits per heavy atom. The van der Waals surface area contributed by atoms with Crippen molar-refractivity contribution in [3.63, 3.8) is 0 Å². The lowest BCUT2D eigenvalue weighted by Gasteiger charge is -2.38. The summed E-state index contributed by atoms with van der Waals surface area (Å²) in [5.74, 6) is 1.68. The van der Waals surface area contributed by atoms with Crippen molar-refractivity contribution in [2.24, 2.45) is 5.92 Å². The Bertz CT molecular complexity index is 924. The normalized spacial score (nSPS) is 15.6. The van der Waals surface area contributed by atoms with E-state index >= 15 is 0 Å². The van der Waals surface area contributed by atoms with Gasteiger partial charge in [-0.05, 0) is 55.3 Å². The van der Waals surface area contributed by atoms with E-state index in [0.717, 1.165) is 17.7 Å². The first-order valence-electron chi connectivity index (χ1n) is 11.2. The van der Waals surface area contributed by atoms with Gasteiger partial charge in [0.25, 0.3) is 0 Å². The lowest BCUT2D eigenvalue weighted by molar-refractivity contribution is -0.144. The molecule has 1 aliphatic heterocycles. The largest absolute Gasteiger partial charge is 0.497 e. The van der Waals surface area contributed by atoms with Crippen molar-refractivity contribution in [1.29, 1.82) is 0 Å². The lowest BCUT2D eigenvalue weighted by atomic mass is 10.00. The minimum absolute atomic E-state index is 0.0285. The van der Waals surface area contributed by atoms with Crippen molar-refractivity contribution in [1.82, 2.24) is 9.80 Å². The highest BCUT2D eigenvalue weighted by atomic mass is 32.1. The number of hydrogen-bond acceptors (Lipinski definition) is 5. The average molecular weight is 459 g/mol. The Labute approximate surface area is 195 Å². The summed E-state index contributed by atoms with van der Waals surface area (Å²) in [6.45, 7) is 9.04. The molecule has 7 heteroatoms. The van der Waals surface area contributed by atoms with Crippen LogP contribution in [0, 0.1) is 5.92 Å². The molecule has 174 valence electrons. The predicted octanol–water partition coefficient (Wildman–Crippen LogP) is 4.54. The molecule has 0 N–H and O–H groups in total. The van der Waals surface area contributed by atoms with E-state index in [9.17, 15) is 9.59 Å². The van der Waals surface area contributed by atoms with Gasteiger partial charge < -0.3 is 19.3 Å². The SMILES string of the molecule is COc1cccc(OC[C@@H]2c3ccsc3CCN2C(=O)CN(C(=O)CC(C)C)C(C)C)c1. The van der Waals surface area contributed by atoms with Crippen LogP contribution in [0.4, 0.5) is 0 Å². The van der Waals surface area contributed by atoms with Gasteiger partial charge in [0.1, 0.15) is 18.1 Å². The van der Waals surface area contributed by atoms with Gasteiger partial charge in [0.2, 0.25) is 11.8 Å². The van der Waals surface area contributed by atoms with Gasteiger partial charge in [-0.15, -0.1) is 11.3 Å². The number of thiophene rings is 1. The van der Waals surface area contributed by atoms with Crippen LogP contribution < -0.4 is 9.47 Å². The van der Waals surface area contributed by atoms with Gasteiger partial charge in [0, 0.05) is 30.0 Å². The third-order valence-corrected chi connectivity index (χ3v) is 6.69. The van der Waals surface area contributed by atoms with Crippen LogP contribution in [0.25, 0.3) is 0 Å². The molecule has 2 heterocycles. The van der Waals surface area contributed by atoms with E-state index in [2.05, 4.69) is 11.4 Å². The van der Waals surface area contributed by atoms with Crippen LogP contribution in [0.15, 0.2) is 35.7 Å². The maximum Gasteiger partial charge on any atom is 0.242 e. The first-order valence-corrected chi connectivity index (χ1v) is 12.1. The van der Waals surface area contributed by atoms with Crippen molar-refractivity contribution in [3.8, 4) is 11.5 Å². The third-order valence-electron chi connectivity index (χ3n) is 5.70. The number of carbonyl (C=O) groups excluding carboxylic acids is 2. The molecule has 0 saturated carbocycles. The van der Waals surface area contributed by atoms with Gasteiger partial charge in [-0.2, -0.15) is 0 Å². The van der Waals surface area contributed by atoms with Crippen LogP contribution in [0.2, 0.25) is 0 Å². The van der Waals surface area contributed by atoms with E-state index < -0.39 is 0 Å². The number of rotatable bonds is 9. The third kappa shape index (κ3) is 5.82. The van der Waals surface area contributed by atoms with Gasteiger partial charge in [-0.25, -0.2) is 0 Å². The molecule has 0 saturated heterocycles. The summed E-state index contributed by atoms with van der Waals surface area (Å²) < 4.78 is 11.4. The lowest BCUT2D eigenvalue weighted by Crippen LogP contribution is -2.49. The molecule has 6 nitrogen and oxygen atoms in total. The molecule has 1 atom stereocenters. The van der Waals surface area contributed by atoms with Crippen molar-refractivity contribution >= 4 is 23.2 Å². The maximum absolute atomic E-state index is 13.4. The Morgan fingerprint density at radius 2 is 1.94 bits per heavy atom. The van der Waals surface area contributed by atoms with E-state index in [-0.39, 0.29) is 36.4 Å². The van der Waals surface area contributed by atoms with Crippen molar-refractivity contribution in [3.05, 3.63) is 46.2 Å². The smallest absolute Gasteiger partial charge is 0.242 e. The van der Waals surface area contributed by atoms with Gasteiger partial charge in [0.15, 0.2) is 0 Å². The maximum atomic E-state index is 13.4. The standard InChI is InChI=1S/C25H34N2O4S/c1-17(2)13-24(28)27(18(3)4)15-25(29)26-11-9-23-21(10-12-32-23)22(26)16-31-20-8-6-7-19(14-20)30-5/h6-8,10,12,14,17-18,22H,9,11,13,15-16H2,1-5H3/t22-/m1/s1. The minimum Gasteiger partial charge on any atom is -0.497 e. The fourth-order valence-corrected chi connectivity index (χ4v) is 4.93. The van der Waals surface area contributed by atoms with E-state index in [1.807, 2.05) is 56.9 Å². The molecule has 0 bridgehead atoms. The molecule has 0 unspecified atom stereocenters. The molecule has 2 aromatic rings. The highest BCUT2D eigenvalue weighted by Gasteiger charge is 2.34. The van der Waals surface area contributed by atoms with E-state index in [0.29, 0.717) is 25.3 Å². The molecular weight excluding hydrogens is 424 g/mol. The number of methoxy groups -OCH3 is 1. The van der Waals surface area contributed by atoms with Crippen LogP contribution in [-0.2, 0) is 16.0 Å². The fourth-order valence-electron chi connectivity index (χ4n) is 4.00. The summed E-state index contributed by atoms with van der Waals surface area (Å²) in [5.41, 5.74) is 1.14. The minimum atomic E-state index is -0.182. The second-order valence-corrected chi connectivity index (χ2v) is 9.86. The Kier molecular flexibility index (Phi) is 8.18. The average Bonchev–Trinajstić information content (AvgIpc) is 3.24. The van der Waals surface area contributed by atoms with Gasteiger partial charge in [-0.3, -0.25) is 9.59 Å². The van der Waals surface area contributed by atoms with E-state index in [4.69, 9.17) is 9.47 Å². The highest BCUT2D eigenvalue weighted by Crippen LogP contribution is 2.34. The number of nitrogens with zero attached hydrogens (tertiary/aromatic N) is 2. The predicted molar refractivity (Wildman–Crippen MR) is 127 cm³/mol. The number of amides is 2. The Morgan fingerprint density at radius 1 is 1.19 bits per heavy atom. The van der Waals surface area contributed by atoms with Gasteiger partial charge >= 0.3 is 0 Å². The quantitative estimate of drug-likeness (QED) is 0.553. The summed E-state index contributed by atoms with van der Waals surface area (Å²) in [5, 5.41) is 2.07. The van der Waals surface area contributed by atoms with Crippen molar-refractivity contribution < 1.29 is 19.1 Å². The first-order chi connectivity index (χ1) is 15.3. The van der Waals surface area contributed by atoms with Crippen LogP contribution in [0.1, 0.15) is 50.6 Å². The van der Waals surface area contributed by atoms with E-state index in [1.54, 1.807) is 23.3 Å². The molecule has 0 fully saturated rings. The summed E-state index contributed by atoms with van der Waals surface area (Å²) in [6.07, 6.45) is 1.28. The molecule has 32 heavy (non-hydrogen) atoms. The highest BCUT2D eigenvalue weighted by molar-refractivity contribution is 7.10. The number of benzene rings is 1. The van der Waals surface area contributed by atoms with Gasteiger partial charge in [0.05, 0.1) is 19.7 Å². The summed E-state index contributed by atoms with van der Waals surface area (Å²) in [4.78, 5) is 31.0. The second kappa shape index (κ2) is 10.9. The molecule has 1 aromatic carbocycles. The summed E-state index contributed by atoms with van der Waals surface area (Å²) >= 11 is 1.72. The molecule has 0 radical (unpaired) electrons. The first kappa shape index (κ1) is 24.1. The number of carbonyl (C=O) groups is 2. The number of ether oxygens (including phenoxy) is 2. The molecule has 2 amide bonds. The topological polar surface area (TPSA) is 59.1 Å². The zero-order chi connectivity index (χ0) is 23.3. The summed E-state index contributed by atoms with van der Waals surface area (Å²) in [6, 6.07) is 9.36. The molecule has 1 aliphatic rings.